The molecule has 0 heterocycles. The molecule has 8 heteroatoms. The molecular weight excluding hydrogens is 385 g/mol. The summed E-state index contributed by atoms with van der Waals surface area (Å²) in [7, 11) is -1.21. The lowest BCUT2D eigenvalue weighted by atomic mass is 10.0. The number of halogens is 1. The summed E-state index contributed by atoms with van der Waals surface area (Å²) in [4.78, 5) is 24.6. The number of hydrogen-bond donors (Lipinski definition) is 0. The Hall–Kier alpha value is -2.58. The van der Waals surface area contributed by atoms with Crippen molar-refractivity contribution >= 4 is 21.8 Å². The molecule has 0 radical (unpaired) electrons. The van der Waals surface area contributed by atoms with Gasteiger partial charge >= 0.3 is 5.97 Å². The highest BCUT2D eigenvalue weighted by Crippen LogP contribution is 2.20. The first-order valence-electron chi connectivity index (χ1n) is 8.49. The van der Waals surface area contributed by atoms with Crippen molar-refractivity contribution in [1.82, 2.24) is 4.31 Å². The van der Waals surface area contributed by atoms with Gasteiger partial charge in [-0.25, -0.2) is 21.9 Å². The second kappa shape index (κ2) is 8.20. The highest BCUT2D eigenvalue weighted by atomic mass is 32.2. The smallest absolute Gasteiger partial charge is 0.341 e. The lowest BCUT2D eigenvalue weighted by Crippen LogP contribution is -2.26. The summed E-state index contributed by atoms with van der Waals surface area (Å²) in [5, 5.41) is 0. The Bertz CT molecular complexity index is 1030. The molecule has 28 heavy (non-hydrogen) atoms. The van der Waals surface area contributed by atoms with Gasteiger partial charge in [0, 0.05) is 19.7 Å². The Kier molecular flexibility index (Phi) is 6.36. The van der Waals surface area contributed by atoms with E-state index in [2.05, 4.69) is 0 Å². The lowest BCUT2D eigenvalue weighted by molar-refractivity contribution is 0.0314. The SMILES string of the molecule is Cc1ccc(C(=O)[C@H](C)OC(=O)c2cc(S(=O)(=O)N(C)C)ccc2F)cc1C. The molecule has 2 aromatic carbocycles. The van der Waals surface area contributed by atoms with Gasteiger partial charge in [0.05, 0.1) is 10.5 Å². The van der Waals surface area contributed by atoms with Crippen molar-refractivity contribution in [1.29, 1.82) is 0 Å². The highest BCUT2D eigenvalue weighted by Gasteiger charge is 2.25. The summed E-state index contributed by atoms with van der Waals surface area (Å²) in [5.41, 5.74) is 1.75. The van der Waals surface area contributed by atoms with Crippen LogP contribution in [0.3, 0.4) is 0 Å². The topological polar surface area (TPSA) is 80.8 Å². The monoisotopic (exact) mass is 407 g/mol. The van der Waals surface area contributed by atoms with Gasteiger partial charge in [-0.15, -0.1) is 0 Å². The van der Waals surface area contributed by atoms with Crippen LogP contribution in [0.5, 0.6) is 0 Å². The van der Waals surface area contributed by atoms with E-state index >= 15 is 0 Å². The molecule has 0 spiro atoms. The quantitative estimate of drug-likeness (QED) is 0.543. The van der Waals surface area contributed by atoms with Crippen molar-refractivity contribution in [2.45, 2.75) is 31.8 Å². The van der Waals surface area contributed by atoms with Crippen molar-refractivity contribution in [3.05, 3.63) is 64.5 Å². The van der Waals surface area contributed by atoms with E-state index in [1.807, 2.05) is 13.8 Å². The average Bonchev–Trinajstić information content (AvgIpc) is 2.63. The minimum Gasteiger partial charge on any atom is -0.451 e. The van der Waals surface area contributed by atoms with E-state index in [4.69, 9.17) is 4.74 Å². The van der Waals surface area contributed by atoms with Gasteiger partial charge in [0.15, 0.2) is 6.10 Å². The van der Waals surface area contributed by atoms with Crippen LogP contribution in [0.15, 0.2) is 41.3 Å². The second-order valence-electron chi connectivity index (χ2n) is 6.64. The molecule has 150 valence electrons. The van der Waals surface area contributed by atoms with Crippen LogP contribution in [-0.2, 0) is 14.8 Å². The third kappa shape index (κ3) is 4.45. The van der Waals surface area contributed by atoms with Gasteiger partial charge in [0.1, 0.15) is 5.82 Å². The maximum Gasteiger partial charge on any atom is 0.341 e. The van der Waals surface area contributed by atoms with Crippen LogP contribution >= 0.6 is 0 Å². The van der Waals surface area contributed by atoms with Gasteiger partial charge in [-0.1, -0.05) is 12.1 Å². The fraction of sp³-hybridized carbons (Fsp3) is 0.300. The zero-order chi connectivity index (χ0) is 21.2. The van der Waals surface area contributed by atoms with E-state index in [1.165, 1.54) is 21.0 Å². The van der Waals surface area contributed by atoms with Crippen molar-refractivity contribution < 1.29 is 27.1 Å². The standard InChI is InChI=1S/C20H22FNO5S/c1-12-6-7-15(10-13(12)2)19(23)14(3)27-20(24)17-11-16(8-9-18(17)21)28(25,26)22(4)5/h6-11,14H,1-5H3/t14-/m0/s1. The number of carbonyl (C=O) groups is 2. The number of aryl methyl sites for hydroxylation is 2. The highest BCUT2D eigenvalue weighted by molar-refractivity contribution is 7.89. The number of esters is 1. The zero-order valence-electron chi connectivity index (χ0n) is 16.3. The molecule has 0 saturated heterocycles. The van der Waals surface area contributed by atoms with Crippen LogP contribution < -0.4 is 0 Å². The van der Waals surface area contributed by atoms with Crippen molar-refractivity contribution in [3.63, 3.8) is 0 Å². The predicted molar refractivity (Wildman–Crippen MR) is 102 cm³/mol. The summed E-state index contributed by atoms with van der Waals surface area (Å²) in [6.07, 6.45) is -1.16. The maximum absolute atomic E-state index is 14.1. The molecular formula is C20H22FNO5S. The number of benzene rings is 2. The first-order chi connectivity index (χ1) is 12.9. The van der Waals surface area contributed by atoms with Crippen LogP contribution in [0.4, 0.5) is 4.39 Å². The van der Waals surface area contributed by atoms with Gasteiger partial charge in [-0.2, -0.15) is 0 Å². The van der Waals surface area contributed by atoms with Gasteiger partial charge < -0.3 is 4.74 Å². The zero-order valence-corrected chi connectivity index (χ0v) is 17.1. The molecule has 0 N–H and O–H groups in total. The first kappa shape index (κ1) is 21.7. The van der Waals surface area contributed by atoms with Crippen LogP contribution in [0.25, 0.3) is 0 Å². The summed E-state index contributed by atoms with van der Waals surface area (Å²) in [6.45, 7) is 5.15. The molecule has 0 aromatic heterocycles. The molecule has 0 amide bonds. The van der Waals surface area contributed by atoms with Crippen LogP contribution in [0.2, 0.25) is 0 Å². The molecule has 6 nitrogen and oxygen atoms in total. The minimum atomic E-state index is -3.85. The summed E-state index contributed by atoms with van der Waals surface area (Å²) < 4.78 is 44.5. The van der Waals surface area contributed by atoms with Gasteiger partial charge in [0.2, 0.25) is 15.8 Å². The van der Waals surface area contributed by atoms with Crippen LogP contribution in [-0.4, -0.2) is 44.7 Å². The van der Waals surface area contributed by atoms with E-state index in [-0.39, 0.29) is 4.90 Å². The number of Topliss-reactive ketones (excluding diaryl/α,β-unsaturated/α-hetero) is 1. The second-order valence-corrected chi connectivity index (χ2v) is 8.79. The maximum atomic E-state index is 14.1. The summed E-state index contributed by atoms with van der Waals surface area (Å²) >= 11 is 0. The Morgan fingerprint density at radius 1 is 1.04 bits per heavy atom. The molecule has 0 aliphatic heterocycles. The van der Waals surface area contributed by atoms with E-state index in [1.54, 1.807) is 18.2 Å². The number of hydrogen-bond acceptors (Lipinski definition) is 5. The first-order valence-corrected chi connectivity index (χ1v) is 9.93. The van der Waals surface area contributed by atoms with Crippen LogP contribution in [0, 0.1) is 19.7 Å². The van der Waals surface area contributed by atoms with E-state index in [0.29, 0.717) is 5.56 Å². The van der Waals surface area contributed by atoms with Crippen molar-refractivity contribution in [3.8, 4) is 0 Å². The number of ketones is 1. The van der Waals surface area contributed by atoms with Gasteiger partial charge in [0.25, 0.3) is 0 Å². The Morgan fingerprint density at radius 2 is 1.68 bits per heavy atom. The third-order valence-electron chi connectivity index (χ3n) is 4.38. The fourth-order valence-electron chi connectivity index (χ4n) is 2.44. The molecule has 0 fully saturated rings. The third-order valence-corrected chi connectivity index (χ3v) is 6.19. The van der Waals surface area contributed by atoms with E-state index in [0.717, 1.165) is 33.6 Å². The number of sulfonamides is 1. The number of rotatable bonds is 6. The summed E-state index contributed by atoms with van der Waals surface area (Å²) in [5.74, 6) is -2.49. The molecule has 2 aromatic rings. The Balaban J connectivity index is 2.26. The van der Waals surface area contributed by atoms with Crippen molar-refractivity contribution in [2.24, 2.45) is 0 Å². The number of ether oxygens (including phenoxy) is 1. The molecule has 1 atom stereocenters. The molecule has 0 aliphatic carbocycles. The Labute approximate surface area is 164 Å². The molecule has 0 aliphatic rings. The van der Waals surface area contributed by atoms with Gasteiger partial charge in [-0.3, -0.25) is 4.79 Å². The van der Waals surface area contributed by atoms with Crippen molar-refractivity contribution in [2.75, 3.05) is 14.1 Å². The average molecular weight is 407 g/mol. The minimum absolute atomic E-state index is 0.251. The normalized spacial score (nSPS) is 12.7. The molecule has 0 saturated carbocycles. The van der Waals surface area contributed by atoms with E-state index in [9.17, 15) is 22.4 Å². The fourth-order valence-corrected chi connectivity index (χ4v) is 3.37. The van der Waals surface area contributed by atoms with Gasteiger partial charge in [-0.05, 0) is 56.2 Å². The number of carbonyl (C=O) groups excluding carboxylic acids is 2. The molecule has 0 bridgehead atoms. The number of nitrogens with zero attached hydrogens (tertiary/aromatic N) is 1. The lowest BCUT2D eigenvalue weighted by Gasteiger charge is -2.15. The van der Waals surface area contributed by atoms with E-state index < -0.39 is 39.3 Å². The van der Waals surface area contributed by atoms with Crippen LogP contribution in [0.1, 0.15) is 38.8 Å². The predicted octanol–water partition coefficient (Wildman–Crippen LogP) is 3.12. The molecule has 2 rings (SSSR count). The molecule has 0 unspecified atom stereocenters. The Morgan fingerprint density at radius 3 is 2.25 bits per heavy atom. The summed E-state index contributed by atoms with van der Waals surface area (Å²) in [6, 6.07) is 7.94. The largest absolute Gasteiger partial charge is 0.451 e.